The second-order valence-corrected chi connectivity index (χ2v) is 21.0. The molecule has 6 heterocycles. The fourth-order valence-electron chi connectivity index (χ4n) is 9.91. The Bertz CT molecular complexity index is 2140. The van der Waals surface area contributed by atoms with Crippen LogP contribution in [0.3, 0.4) is 0 Å². The average molecular weight is 942 g/mol. The number of likely N-dealkylation sites (N-methyl/N-ethyl adjacent to an activating group) is 1. The van der Waals surface area contributed by atoms with Gasteiger partial charge in [-0.05, 0) is 143 Å². The molecule has 69 heavy (non-hydrogen) atoms. The highest BCUT2D eigenvalue weighted by atomic mass is 16.5. The largest absolute Gasteiger partial charge is 0.378 e. The third kappa shape index (κ3) is 15.6. The quantitative estimate of drug-likeness (QED) is 0.109. The number of piperazine rings is 1. The summed E-state index contributed by atoms with van der Waals surface area (Å²) in [5.74, 6) is 1.54. The first-order valence-corrected chi connectivity index (χ1v) is 26.2. The number of anilines is 2. The standard InChI is InChI=1S/C29H43N5O.C28H40N4O2/c1-23(2)11-14-32-15-12-27(13-16-32)34(29(35)28-10-5-24(3)21-30-28)22-25-6-8-26(9-7-25)33-19-17-31(4)18-20-33;1-22(2)10-13-30-14-11-26(12-15-30)32(28(33)27-9-4-23(3)20-29-27)21-24-5-7-25(8-6-24)31-16-18-34-19-17-31/h5-10,21,23,27H,11-20,22H2,1-4H3;4-9,20,22,26H,10-19,21H2,1-3H3. The maximum absolute atomic E-state index is 13.6. The molecule has 4 saturated heterocycles. The third-order valence-electron chi connectivity index (χ3n) is 14.6. The van der Waals surface area contributed by atoms with E-state index in [0.29, 0.717) is 24.5 Å². The lowest BCUT2D eigenvalue weighted by atomic mass is 10.0. The number of aromatic nitrogens is 2. The SMILES string of the molecule is Cc1ccc(C(=O)N(Cc2ccc(N3CCN(C)CC3)cc2)C2CCN(CCC(C)C)CC2)nc1.Cc1ccc(C(=O)N(Cc2ccc(N3CCOCC3)cc2)C2CCN(CCC(C)C)CC2)nc1. The number of aryl methyl sites for hydroxylation is 2. The van der Waals surface area contributed by atoms with E-state index in [9.17, 15) is 9.59 Å². The molecule has 12 nitrogen and oxygen atoms in total. The summed E-state index contributed by atoms with van der Waals surface area (Å²) in [6.07, 6.45) is 10.1. The van der Waals surface area contributed by atoms with Crippen LogP contribution in [0.25, 0.3) is 0 Å². The number of benzene rings is 2. The third-order valence-corrected chi connectivity index (χ3v) is 14.6. The zero-order valence-electron chi connectivity index (χ0n) is 43.2. The van der Waals surface area contributed by atoms with E-state index in [1.54, 1.807) is 12.4 Å². The van der Waals surface area contributed by atoms with Crippen LogP contribution in [0.1, 0.15) is 109 Å². The van der Waals surface area contributed by atoms with Crippen molar-refractivity contribution in [3.63, 3.8) is 0 Å². The van der Waals surface area contributed by atoms with Crippen molar-refractivity contribution >= 4 is 23.2 Å². The van der Waals surface area contributed by atoms with Crippen molar-refractivity contribution in [2.75, 3.05) is 109 Å². The van der Waals surface area contributed by atoms with Crippen LogP contribution in [0.4, 0.5) is 11.4 Å². The van der Waals surface area contributed by atoms with Crippen LogP contribution >= 0.6 is 0 Å². The normalized spacial score (nSPS) is 18.0. The molecule has 4 aromatic rings. The topological polar surface area (TPSA) is 91.8 Å². The van der Waals surface area contributed by atoms with E-state index in [1.165, 1.54) is 35.3 Å². The average Bonchev–Trinajstić information content (AvgIpc) is 3.37. The molecule has 0 spiro atoms. The predicted octanol–water partition coefficient (Wildman–Crippen LogP) is 8.67. The molecule has 0 bridgehead atoms. The Morgan fingerprint density at radius 1 is 0.551 bits per heavy atom. The van der Waals surface area contributed by atoms with Crippen LogP contribution in [0.2, 0.25) is 0 Å². The van der Waals surface area contributed by atoms with Crippen molar-refractivity contribution in [1.29, 1.82) is 0 Å². The number of pyridine rings is 2. The molecule has 4 aliphatic rings. The molecule has 4 aliphatic heterocycles. The molecule has 0 atom stereocenters. The summed E-state index contributed by atoms with van der Waals surface area (Å²) in [6.45, 7) is 28.7. The molecule has 0 aliphatic carbocycles. The Morgan fingerprint density at radius 2 is 0.942 bits per heavy atom. The van der Waals surface area contributed by atoms with Gasteiger partial charge in [0.2, 0.25) is 0 Å². The molecule has 0 saturated carbocycles. The van der Waals surface area contributed by atoms with Gasteiger partial charge in [-0.25, -0.2) is 0 Å². The predicted molar refractivity (Wildman–Crippen MR) is 281 cm³/mol. The van der Waals surface area contributed by atoms with Crippen molar-refractivity contribution in [2.24, 2.45) is 11.8 Å². The van der Waals surface area contributed by atoms with Gasteiger partial charge in [0.1, 0.15) is 11.4 Å². The van der Waals surface area contributed by atoms with Crippen LogP contribution in [-0.4, -0.2) is 157 Å². The van der Waals surface area contributed by atoms with Crippen LogP contribution in [0.5, 0.6) is 0 Å². The highest BCUT2D eigenvalue weighted by molar-refractivity contribution is 5.93. The van der Waals surface area contributed by atoms with E-state index >= 15 is 0 Å². The van der Waals surface area contributed by atoms with Gasteiger partial charge in [0.15, 0.2) is 0 Å². The molecular weight excluding hydrogens is 859 g/mol. The first kappa shape index (κ1) is 52.0. The number of nitrogens with zero attached hydrogens (tertiary/aromatic N) is 9. The minimum Gasteiger partial charge on any atom is -0.378 e. The van der Waals surface area contributed by atoms with E-state index in [4.69, 9.17) is 4.74 Å². The molecule has 374 valence electrons. The number of carbonyl (C=O) groups excluding carboxylic acids is 2. The second-order valence-electron chi connectivity index (χ2n) is 21.0. The molecule has 12 heteroatoms. The maximum atomic E-state index is 13.6. The molecule has 0 N–H and O–H groups in total. The summed E-state index contributed by atoms with van der Waals surface area (Å²) in [4.78, 5) is 52.6. The number of ether oxygens (including phenoxy) is 1. The number of rotatable bonds is 16. The number of amides is 2. The number of morpholine rings is 1. The summed E-state index contributed by atoms with van der Waals surface area (Å²) in [5, 5.41) is 0. The van der Waals surface area contributed by atoms with Crippen molar-refractivity contribution in [3.8, 4) is 0 Å². The fourth-order valence-corrected chi connectivity index (χ4v) is 9.91. The number of likely N-dealkylation sites (tertiary alicyclic amines) is 2. The van der Waals surface area contributed by atoms with E-state index in [0.717, 1.165) is 140 Å². The zero-order chi connectivity index (χ0) is 48.7. The Balaban J connectivity index is 0.000000204. The molecule has 8 rings (SSSR count). The lowest BCUT2D eigenvalue weighted by Gasteiger charge is -2.39. The number of piperidine rings is 2. The van der Waals surface area contributed by atoms with Gasteiger partial charge in [-0.15, -0.1) is 0 Å². The van der Waals surface area contributed by atoms with Crippen LogP contribution in [0, 0.1) is 25.7 Å². The summed E-state index contributed by atoms with van der Waals surface area (Å²) >= 11 is 0. The Hall–Kier alpha value is -4.88. The van der Waals surface area contributed by atoms with Crippen molar-refractivity contribution < 1.29 is 14.3 Å². The van der Waals surface area contributed by atoms with E-state index < -0.39 is 0 Å². The van der Waals surface area contributed by atoms with Gasteiger partial charge in [0, 0.05) is 114 Å². The van der Waals surface area contributed by atoms with Crippen LogP contribution in [-0.2, 0) is 17.8 Å². The molecule has 0 radical (unpaired) electrons. The minimum atomic E-state index is 0.0397. The fraction of sp³-hybridized carbons (Fsp3) is 0.579. The lowest BCUT2D eigenvalue weighted by Crippen LogP contribution is -2.47. The first-order chi connectivity index (χ1) is 33.4. The van der Waals surface area contributed by atoms with Crippen molar-refractivity contribution in [2.45, 2.75) is 105 Å². The summed E-state index contributed by atoms with van der Waals surface area (Å²) < 4.78 is 5.48. The Kier molecular flexibility index (Phi) is 19.4. The smallest absolute Gasteiger partial charge is 0.272 e. The molecule has 2 aromatic heterocycles. The van der Waals surface area contributed by atoms with Gasteiger partial charge in [0.25, 0.3) is 11.8 Å². The highest BCUT2D eigenvalue weighted by Gasteiger charge is 2.31. The Morgan fingerprint density at radius 3 is 1.30 bits per heavy atom. The Labute approximate surface area is 415 Å². The number of hydrogen-bond donors (Lipinski definition) is 0. The second kappa shape index (κ2) is 25.8. The van der Waals surface area contributed by atoms with Gasteiger partial charge in [-0.3, -0.25) is 19.6 Å². The van der Waals surface area contributed by atoms with Crippen LogP contribution in [0.15, 0.2) is 85.2 Å². The van der Waals surface area contributed by atoms with E-state index in [-0.39, 0.29) is 23.9 Å². The van der Waals surface area contributed by atoms with Gasteiger partial charge in [-0.1, -0.05) is 64.1 Å². The highest BCUT2D eigenvalue weighted by Crippen LogP contribution is 2.26. The molecule has 2 amide bonds. The van der Waals surface area contributed by atoms with Gasteiger partial charge in [-0.2, -0.15) is 0 Å². The van der Waals surface area contributed by atoms with Gasteiger partial charge in [0.05, 0.1) is 13.2 Å². The molecule has 0 unspecified atom stereocenters. The van der Waals surface area contributed by atoms with Crippen molar-refractivity contribution in [3.05, 3.63) is 119 Å². The maximum Gasteiger partial charge on any atom is 0.272 e. The number of carbonyl (C=O) groups is 2. The summed E-state index contributed by atoms with van der Waals surface area (Å²) in [7, 11) is 2.18. The monoisotopic (exact) mass is 942 g/mol. The van der Waals surface area contributed by atoms with E-state index in [2.05, 4.69) is 128 Å². The molecule has 2 aromatic carbocycles. The summed E-state index contributed by atoms with van der Waals surface area (Å²) in [6, 6.07) is 25.8. The molecule has 4 fully saturated rings. The zero-order valence-corrected chi connectivity index (χ0v) is 43.2. The van der Waals surface area contributed by atoms with E-state index in [1.807, 2.05) is 38.1 Å². The van der Waals surface area contributed by atoms with Gasteiger partial charge < -0.3 is 39.0 Å². The first-order valence-electron chi connectivity index (χ1n) is 26.2. The minimum absolute atomic E-state index is 0.0397. The molecular formula is C57H83N9O3. The summed E-state index contributed by atoms with van der Waals surface area (Å²) in [5.41, 5.74) is 8.09. The van der Waals surface area contributed by atoms with Crippen LogP contribution < -0.4 is 9.80 Å². The van der Waals surface area contributed by atoms with Crippen molar-refractivity contribution in [1.82, 2.24) is 34.5 Å². The van der Waals surface area contributed by atoms with Gasteiger partial charge >= 0.3 is 0 Å². The lowest BCUT2D eigenvalue weighted by molar-refractivity contribution is 0.0534. The number of hydrogen-bond acceptors (Lipinski definition) is 10.